The van der Waals surface area contributed by atoms with Crippen LogP contribution in [0.5, 0.6) is 0 Å². The van der Waals surface area contributed by atoms with E-state index in [1.54, 1.807) is 17.9 Å². The summed E-state index contributed by atoms with van der Waals surface area (Å²) in [5.41, 5.74) is 2.09. The molecule has 2 amide bonds. The van der Waals surface area contributed by atoms with Crippen LogP contribution in [0.2, 0.25) is 0 Å². The van der Waals surface area contributed by atoms with Crippen molar-refractivity contribution in [2.75, 3.05) is 16.8 Å². The molecule has 6 heteroatoms. The lowest BCUT2D eigenvalue weighted by Gasteiger charge is -2.17. The molecule has 3 rings (SSSR count). The first-order chi connectivity index (χ1) is 11.6. The van der Waals surface area contributed by atoms with Gasteiger partial charge >= 0.3 is 0 Å². The van der Waals surface area contributed by atoms with Crippen LogP contribution in [0.25, 0.3) is 0 Å². The number of hydrogen-bond acceptors (Lipinski definition) is 4. The highest BCUT2D eigenvalue weighted by atomic mass is 16.5. The number of anilines is 2. The molecule has 0 radical (unpaired) electrons. The van der Waals surface area contributed by atoms with E-state index >= 15 is 0 Å². The molecule has 1 N–H and O–H groups in total. The maximum absolute atomic E-state index is 12.3. The zero-order chi connectivity index (χ0) is 17.1. The molecule has 1 atom stereocenters. The SMILES string of the molecule is CCCc1ccc(N2C[C@H](C(=O)Nc3cc(C)on3)CC2=O)cc1. The molecule has 24 heavy (non-hydrogen) atoms. The largest absolute Gasteiger partial charge is 0.360 e. The molecule has 0 saturated carbocycles. The van der Waals surface area contributed by atoms with Crippen molar-refractivity contribution < 1.29 is 14.1 Å². The number of nitrogens with zero attached hydrogens (tertiary/aromatic N) is 2. The van der Waals surface area contributed by atoms with E-state index in [-0.39, 0.29) is 24.2 Å². The molecule has 0 aliphatic carbocycles. The second-order valence-electron chi connectivity index (χ2n) is 6.13. The quantitative estimate of drug-likeness (QED) is 0.916. The van der Waals surface area contributed by atoms with Crippen LogP contribution in [0, 0.1) is 12.8 Å². The zero-order valence-electron chi connectivity index (χ0n) is 13.9. The van der Waals surface area contributed by atoms with Crippen molar-refractivity contribution in [2.24, 2.45) is 5.92 Å². The van der Waals surface area contributed by atoms with Crippen molar-refractivity contribution in [3.63, 3.8) is 0 Å². The van der Waals surface area contributed by atoms with Gasteiger partial charge in [0.2, 0.25) is 11.8 Å². The molecule has 126 valence electrons. The molecular weight excluding hydrogens is 306 g/mol. The van der Waals surface area contributed by atoms with E-state index in [2.05, 4.69) is 17.4 Å². The fourth-order valence-electron chi connectivity index (χ4n) is 2.92. The van der Waals surface area contributed by atoms with Gasteiger partial charge < -0.3 is 14.7 Å². The van der Waals surface area contributed by atoms with Crippen molar-refractivity contribution in [3.05, 3.63) is 41.7 Å². The van der Waals surface area contributed by atoms with Gasteiger partial charge in [0.05, 0.1) is 5.92 Å². The second kappa shape index (κ2) is 6.86. The lowest BCUT2D eigenvalue weighted by molar-refractivity contribution is -0.122. The minimum atomic E-state index is -0.384. The molecule has 1 aliphatic rings. The van der Waals surface area contributed by atoms with Gasteiger partial charge in [-0.25, -0.2) is 0 Å². The summed E-state index contributed by atoms with van der Waals surface area (Å²) in [6.07, 6.45) is 2.32. The molecule has 0 spiro atoms. The fourth-order valence-corrected chi connectivity index (χ4v) is 2.92. The molecule has 1 aromatic heterocycles. The Bertz CT molecular complexity index is 736. The van der Waals surface area contributed by atoms with E-state index in [9.17, 15) is 9.59 Å². The van der Waals surface area contributed by atoms with Gasteiger partial charge in [-0.15, -0.1) is 0 Å². The highest BCUT2D eigenvalue weighted by Gasteiger charge is 2.35. The van der Waals surface area contributed by atoms with Crippen LogP contribution in [-0.4, -0.2) is 23.5 Å². The standard InChI is InChI=1S/C18H21N3O3/c1-3-4-13-5-7-15(8-6-13)21-11-14(10-17(21)22)18(23)19-16-9-12(2)24-20-16/h5-9,14H,3-4,10-11H2,1-2H3,(H,19,20,23)/t14-/m1/s1. The Hall–Kier alpha value is -2.63. The molecule has 1 aliphatic heterocycles. The number of benzene rings is 1. The third-order valence-corrected chi connectivity index (χ3v) is 4.16. The number of hydrogen-bond donors (Lipinski definition) is 1. The smallest absolute Gasteiger partial charge is 0.231 e. The Morgan fingerprint density at radius 2 is 2.12 bits per heavy atom. The minimum absolute atomic E-state index is 0.0327. The highest BCUT2D eigenvalue weighted by Crippen LogP contribution is 2.26. The number of nitrogens with one attached hydrogen (secondary N) is 1. The Kier molecular flexibility index (Phi) is 4.64. The van der Waals surface area contributed by atoms with Crippen LogP contribution in [0.3, 0.4) is 0 Å². The van der Waals surface area contributed by atoms with E-state index in [4.69, 9.17) is 4.52 Å². The van der Waals surface area contributed by atoms with Gasteiger partial charge in [0, 0.05) is 24.7 Å². The van der Waals surface area contributed by atoms with Crippen molar-refractivity contribution in [1.82, 2.24) is 5.16 Å². The van der Waals surface area contributed by atoms with Gasteiger partial charge in [-0.2, -0.15) is 0 Å². The molecule has 2 aromatic rings. The summed E-state index contributed by atoms with van der Waals surface area (Å²) < 4.78 is 4.93. The average molecular weight is 327 g/mol. The first-order valence-corrected chi connectivity index (χ1v) is 8.20. The Balaban J connectivity index is 1.65. The van der Waals surface area contributed by atoms with Crippen molar-refractivity contribution in [3.8, 4) is 0 Å². The summed E-state index contributed by atoms with van der Waals surface area (Å²) in [4.78, 5) is 26.3. The second-order valence-corrected chi connectivity index (χ2v) is 6.13. The van der Waals surface area contributed by atoms with Crippen molar-refractivity contribution in [1.29, 1.82) is 0 Å². The van der Waals surface area contributed by atoms with E-state index in [1.165, 1.54) is 5.56 Å². The summed E-state index contributed by atoms with van der Waals surface area (Å²) in [7, 11) is 0. The molecule has 1 saturated heterocycles. The molecule has 0 unspecified atom stereocenters. The fraction of sp³-hybridized carbons (Fsp3) is 0.389. The highest BCUT2D eigenvalue weighted by molar-refractivity contribution is 6.03. The number of carbonyl (C=O) groups is 2. The van der Waals surface area contributed by atoms with Crippen LogP contribution in [0.1, 0.15) is 31.1 Å². The summed E-state index contributed by atoms with van der Waals surface area (Å²) in [5, 5.41) is 6.45. The number of carbonyl (C=O) groups excluding carboxylic acids is 2. The lowest BCUT2D eigenvalue weighted by Crippen LogP contribution is -2.28. The van der Waals surface area contributed by atoms with Gasteiger partial charge in [0.25, 0.3) is 0 Å². The summed E-state index contributed by atoms with van der Waals surface area (Å²) in [6.45, 7) is 4.28. The third kappa shape index (κ3) is 3.48. The van der Waals surface area contributed by atoms with Gasteiger partial charge in [-0.05, 0) is 31.0 Å². The van der Waals surface area contributed by atoms with E-state index < -0.39 is 0 Å². The molecule has 1 aromatic carbocycles. The molecule has 6 nitrogen and oxygen atoms in total. The van der Waals surface area contributed by atoms with Crippen LogP contribution in [0.4, 0.5) is 11.5 Å². The molecule has 1 fully saturated rings. The number of rotatable bonds is 5. The van der Waals surface area contributed by atoms with Crippen LogP contribution < -0.4 is 10.2 Å². The van der Waals surface area contributed by atoms with E-state index in [1.807, 2.05) is 24.3 Å². The van der Waals surface area contributed by atoms with Crippen LogP contribution >= 0.6 is 0 Å². The van der Waals surface area contributed by atoms with Crippen LogP contribution in [0.15, 0.2) is 34.9 Å². The Morgan fingerprint density at radius 1 is 1.38 bits per heavy atom. The van der Waals surface area contributed by atoms with Crippen molar-refractivity contribution in [2.45, 2.75) is 33.1 Å². The summed E-state index contributed by atoms with van der Waals surface area (Å²) in [6, 6.07) is 9.63. The topological polar surface area (TPSA) is 75.4 Å². The number of aromatic nitrogens is 1. The van der Waals surface area contributed by atoms with Crippen LogP contribution in [-0.2, 0) is 16.0 Å². The van der Waals surface area contributed by atoms with Crippen molar-refractivity contribution >= 4 is 23.3 Å². The Labute approximate surface area is 140 Å². The van der Waals surface area contributed by atoms with E-state index in [0.717, 1.165) is 18.5 Å². The first-order valence-electron chi connectivity index (χ1n) is 8.20. The number of amides is 2. The monoisotopic (exact) mass is 327 g/mol. The molecular formula is C18H21N3O3. The normalized spacial score (nSPS) is 17.3. The zero-order valence-corrected chi connectivity index (χ0v) is 13.9. The minimum Gasteiger partial charge on any atom is -0.360 e. The average Bonchev–Trinajstić information content (AvgIpc) is 3.14. The maximum atomic E-state index is 12.3. The predicted molar refractivity (Wildman–Crippen MR) is 90.8 cm³/mol. The molecule has 0 bridgehead atoms. The van der Waals surface area contributed by atoms with Gasteiger partial charge in [-0.3, -0.25) is 9.59 Å². The van der Waals surface area contributed by atoms with Gasteiger partial charge in [0.15, 0.2) is 5.82 Å². The maximum Gasteiger partial charge on any atom is 0.231 e. The predicted octanol–water partition coefficient (Wildman–Crippen LogP) is 2.93. The summed E-state index contributed by atoms with van der Waals surface area (Å²) >= 11 is 0. The number of aryl methyl sites for hydroxylation is 2. The Morgan fingerprint density at radius 3 is 2.75 bits per heavy atom. The first kappa shape index (κ1) is 16.2. The van der Waals surface area contributed by atoms with Gasteiger partial charge in [-0.1, -0.05) is 30.6 Å². The lowest BCUT2D eigenvalue weighted by atomic mass is 10.1. The third-order valence-electron chi connectivity index (χ3n) is 4.16. The van der Waals surface area contributed by atoms with Gasteiger partial charge in [0.1, 0.15) is 5.76 Å². The van der Waals surface area contributed by atoms with E-state index in [0.29, 0.717) is 18.1 Å². The summed E-state index contributed by atoms with van der Waals surface area (Å²) in [5.74, 6) is 0.384. The molecule has 2 heterocycles.